The van der Waals surface area contributed by atoms with Crippen molar-refractivity contribution in [1.82, 2.24) is 19.5 Å². The first-order chi connectivity index (χ1) is 19.0. The number of hydrogen-bond acceptors (Lipinski definition) is 6. The Hall–Kier alpha value is -3.33. The number of anilines is 1. The van der Waals surface area contributed by atoms with E-state index >= 15 is 0 Å². The van der Waals surface area contributed by atoms with Crippen LogP contribution in [-0.2, 0) is 6.54 Å². The lowest BCUT2D eigenvalue weighted by molar-refractivity contribution is 0.210. The van der Waals surface area contributed by atoms with Crippen LogP contribution in [0.15, 0.2) is 99.3 Å². The quantitative estimate of drug-likeness (QED) is 0.203. The second-order valence-electron chi connectivity index (χ2n) is 9.97. The molecule has 3 heterocycles. The number of fused-ring (bicyclic) bond motifs is 1. The predicted molar refractivity (Wildman–Crippen MR) is 161 cm³/mol. The van der Waals surface area contributed by atoms with Crippen molar-refractivity contribution in [2.24, 2.45) is 0 Å². The molecule has 6 rings (SSSR count). The smallest absolute Gasteiger partial charge is 0.172 e. The first-order valence-electron chi connectivity index (χ1n) is 13.2. The van der Waals surface area contributed by atoms with E-state index in [1.165, 1.54) is 16.0 Å². The number of nitrogens with one attached hydrogen (secondary N) is 1. The summed E-state index contributed by atoms with van der Waals surface area (Å²) in [5.41, 5.74) is 5.44. The van der Waals surface area contributed by atoms with Crippen LogP contribution in [0.25, 0.3) is 16.9 Å². The van der Waals surface area contributed by atoms with Crippen molar-refractivity contribution in [3.63, 3.8) is 0 Å². The predicted octanol–water partition coefficient (Wildman–Crippen LogP) is 7.40. The van der Waals surface area contributed by atoms with E-state index in [0.29, 0.717) is 11.8 Å². The van der Waals surface area contributed by atoms with E-state index in [4.69, 9.17) is 4.98 Å². The molecule has 1 aliphatic heterocycles. The van der Waals surface area contributed by atoms with E-state index in [1.807, 2.05) is 22.8 Å². The number of aryl methyl sites for hydroxylation is 1. The van der Waals surface area contributed by atoms with Gasteiger partial charge in [0.1, 0.15) is 11.6 Å². The zero-order chi connectivity index (χ0) is 26.8. The van der Waals surface area contributed by atoms with E-state index in [1.54, 1.807) is 23.9 Å². The third-order valence-electron chi connectivity index (χ3n) is 7.22. The van der Waals surface area contributed by atoms with Crippen molar-refractivity contribution < 1.29 is 5.11 Å². The molecule has 6 nitrogen and oxygen atoms in total. The summed E-state index contributed by atoms with van der Waals surface area (Å²) in [5, 5.41) is 18.0. The molecule has 1 fully saturated rings. The summed E-state index contributed by atoms with van der Waals surface area (Å²) in [7, 11) is 0. The maximum absolute atomic E-state index is 9.61. The lowest BCUT2D eigenvalue weighted by Crippen LogP contribution is -2.39. The van der Waals surface area contributed by atoms with E-state index in [0.717, 1.165) is 64.6 Å². The van der Waals surface area contributed by atoms with Gasteiger partial charge in [-0.15, -0.1) is 0 Å². The number of aromatic nitrogens is 3. The van der Waals surface area contributed by atoms with Crippen molar-refractivity contribution in [3.05, 3.63) is 101 Å². The third-order valence-corrected chi connectivity index (χ3v) is 8.91. The van der Waals surface area contributed by atoms with E-state index in [2.05, 4.69) is 92.8 Å². The lowest BCUT2D eigenvalue weighted by atomic mass is 10.0. The maximum atomic E-state index is 9.61. The first-order valence-corrected chi connectivity index (χ1v) is 14.8. The number of phenols is 1. The maximum Gasteiger partial charge on any atom is 0.172 e. The van der Waals surface area contributed by atoms with Gasteiger partial charge < -0.3 is 10.4 Å². The molecule has 0 radical (unpaired) electrons. The normalized spacial score (nSPS) is 14.6. The van der Waals surface area contributed by atoms with Crippen molar-refractivity contribution >= 4 is 39.2 Å². The zero-order valence-corrected chi connectivity index (χ0v) is 24.1. The van der Waals surface area contributed by atoms with Crippen LogP contribution in [0, 0.1) is 6.92 Å². The SMILES string of the molecule is Cc1ccccc1-c1cc(NC2CCN(Cc3ccccc3Sc3ccc(O)cc3)CC2)n2ncc(Br)c2n1. The lowest BCUT2D eigenvalue weighted by Gasteiger charge is -2.33. The Balaban J connectivity index is 1.14. The Morgan fingerprint density at radius 2 is 1.74 bits per heavy atom. The Kier molecular flexibility index (Phi) is 7.59. The molecule has 2 N–H and O–H groups in total. The van der Waals surface area contributed by atoms with Gasteiger partial charge >= 0.3 is 0 Å². The molecule has 3 aromatic carbocycles. The number of aromatic hydroxyl groups is 1. The second-order valence-corrected chi connectivity index (χ2v) is 11.9. The van der Waals surface area contributed by atoms with Gasteiger partial charge in [0.15, 0.2) is 5.65 Å². The fourth-order valence-electron chi connectivity index (χ4n) is 5.10. The molecule has 0 aliphatic carbocycles. The Morgan fingerprint density at radius 1 is 1.00 bits per heavy atom. The summed E-state index contributed by atoms with van der Waals surface area (Å²) < 4.78 is 2.79. The molecule has 0 spiro atoms. The molecule has 2 aromatic heterocycles. The molecule has 39 heavy (non-hydrogen) atoms. The van der Waals surface area contributed by atoms with Crippen LogP contribution in [-0.4, -0.2) is 43.7 Å². The molecule has 0 saturated carbocycles. The summed E-state index contributed by atoms with van der Waals surface area (Å²) in [6.07, 6.45) is 3.92. The fraction of sp³-hybridized carbons (Fsp3) is 0.226. The van der Waals surface area contributed by atoms with Gasteiger partial charge in [0, 0.05) is 47.1 Å². The highest BCUT2D eigenvalue weighted by Gasteiger charge is 2.22. The summed E-state index contributed by atoms with van der Waals surface area (Å²) >= 11 is 5.38. The molecule has 1 aliphatic rings. The highest BCUT2D eigenvalue weighted by Crippen LogP contribution is 2.33. The Labute approximate surface area is 241 Å². The van der Waals surface area contributed by atoms with Crippen molar-refractivity contribution in [1.29, 1.82) is 0 Å². The van der Waals surface area contributed by atoms with Crippen LogP contribution in [0.5, 0.6) is 5.75 Å². The molecular weight excluding hydrogens is 570 g/mol. The molecule has 0 atom stereocenters. The minimum Gasteiger partial charge on any atom is -0.508 e. The van der Waals surface area contributed by atoms with Crippen LogP contribution < -0.4 is 5.32 Å². The monoisotopic (exact) mass is 599 g/mol. The Bertz CT molecular complexity index is 1590. The molecule has 0 unspecified atom stereocenters. The van der Waals surface area contributed by atoms with Gasteiger partial charge in [-0.25, -0.2) is 4.98 Å². The van der Waals surface area contributed by atoms with Crippen LogP contribution in [0.4, 0.5) is 5.82 Å². The second kappa shape index (κ2) is 11.4. The van der Waals surface area contributed by atoms with E-state index in [-0.39, 0.29) is 0 Å². The van der Waals surface area contributed by atoms with Crippen LogP contribution in [0.2, 0.25) is 0 Å². The summed E-state index contributed by atoms with van der Waals surface area (Å²) in [6, 6.07) is 26.9. The standard InChI is InChI=1S/C31H30BrN5OS/c1-21-6-2-4-8-26(21)28-18-30(37-31(35-28)27(32)19-33-37)34-23-14-16-36(17-15-23)20-22-7-3-5-9-29(22)39-25-12-10-24(38)11-13-25/h2-13,18-19,23,34,38H,14-17,20H2,1H3. The molecule has 0 amide bonds. The minimum absolute atomic E-state index is 0.295. The third kappa shape index (κ3) is 5.83. The number of hydrogen-bond donors (Lipinski definition) is 2. The summed E-state index contributed by atoms with van der Waals surface area (Å²) in [5.74, 6) is 1.27. The summed E-state index contributed by atoms with van der Waals surface area (Å²) in [4.78, 5) is 9.84. The topological polar surface area (TPSA) is 65.7 Å². The highest BCUT2D eigenvalue weighted by molar-refractivity contribution is 9.10. The molecular formula is C31H30BrN5OS. The van der Waals surface area contributed by atoms with Gasteiger partial charge in [-0.05, 0) is 77.2 Å². The largest absolute Gasteiger partial charge is 0.508 e. The molecule has 0 bridgehead atoms. The Morgan fingerprint density at radius 3 is 2.54 bits per heavy atom. The number of likely N-dealkylation sites (tertiary alicyclic amines) is 1. The van der Waals surface area contributed by atoms with E-state index < -0.39 is 0 Å². The number of halogens is 1. The average molecular weight is 601 g/mol. The highest BCUT2D eigenvalue weighted by atomic mass is 79.9. The molecule has 198 valence electrons. The number of benzene rings is 3. The van der Waals surface area contributed by atoms with Gasteiger partial charge in [0.2, 0.25) is 0 Å². The minimum atomic E-state index is 0.295. The average Bonchev–Trinajstić information content (AvgIpc) is 3.33. The summed E-state index contributed by atoms with van der Waals surface area (Å²) in [6.45, 7) is 5.10. The molecule has 5 aromatic rings. The zero-order valence-electron chi connectivity index (χ0n) is 21.7. The van der Waals surface area contributed by atoms with Gasteiger partial charge in [0.05, 0.1) is 16.4 Å². The van der Waals surface area contributed by atoms with Crippen LogP contribution in [0.3, 0.4) is 0 Å². The van der Waals surface area contributed by atoms with Gasteiger partial charge in [-0.2, -0.15) is 9.61 Å². The van der Waals surface area contributed by atoms with Crippen molar-refractivity contribution in [2.75, 3.05) is 18.4 Å². The number of phenolic OH excluding ortho intramolecular Hbond substituents is 1. The molecule has 8 heteroatoms. The van der Waals surface area contributed by atoms with Crippen molar-refractivity contribution in [3.8, 4) is 17.0 Å². The van der Waals surface area contributed by atoms with E-state index in [9.17, 15) is 5.11 Å². The number of piperidine rings is 1. The van der Waals surface area contributed by atoms with Crippen LogP contribution >= 0.6 is 27.7 Å². The van der Waals surface area contributed by atoms with Gasteiger partial charge in [-0.1, -0.05) is 54.2 Å². The van der Waals surface area contributed by atoms with Crippen molar-refractivity contribution in [2.45, 2.75) is 42.1 Å². The fourth-order valence-corrected chi connectivity index (χ4v) is 6.38. The number of rotatable bonds is 7. The number of nitrogens with zero attached hydrogens (tertiary/aromatic N) is 4. The first kappa shape index (κ1) is 25.9. The van der Waals surface area contributed by atoms with Crippen LogP contribution in [0.1, 0.15) is 24.0 Å². The van der Waals surface area contributed by atoms with Gasteiger partial charge in [0.25, 0.3) is 0 Å². The van der Waals surface area contributed by atoms with Gasteiger partial charge in [-0.3, -0.25) is 4.90 Å². The molecule has 1 saturated heterocycles.